The number of thiophene rings is 1. The molecule has 176 valence electrons. The number of nitrogens with zero attached hydrogens (tertiary/aromatic N) is 3. The standard InChI is InChI=1S/C25H26N4O3S2/c1-3-32-24(31)22-17-9-5-7-11-19(17)34-23(22)26-21(30)12-13-33-25-28-27-20-14-15(2)16-8-4-6-10-18(16)29(20)25/h4,6,8,10,14H,3,5,7,9,11-13H2,1-2H3,(H,26,30). The van der Waals surface area contributed by atoms with Crippen molar-refractivity contribution in [3.8, 4) is 0 Å². The maximum atomic E-state index is 12.8. The number of pyridine rings is 1. The Morgan fingerprint density at radius 3 is 2.88 bits per heavy atom. The Morgan fingerprint density at radius 2 is 2.03 bits per heavy atom. The Balaban J connectivity index is 1.30. The van der Waals surface area contributed by atoms with Crippen molar-refractivity contribution in [2.45, 2.75) is 51.1 Å². The molecule has 0 radical (unpaired) electrons. The first kappa shape index (κ1) is 22.9. The summed E-state index contributed by atoms with van der Waals surface area (Å²) in [6.45, 7) is 4.18. The molecule has 3 aromatic heterocycles. The second-order valence-electron chi connectivity index (χ2n) is 8.30. The summed E-state index contributed by atoms with van der Waals surface area (Å²) in [5.74, 6) is 0.0872. The first-order chi connectivity index (χ1) is 16.6. The minimum Gasteiger partial charge on any atom is -0.462 e. The number of esters is 1. The van der Waals surface area contributed by atoms with Crippen molar-refractivity contribution < 1.29 is 14.3 Å². The molecule has 3 heterocycles. The fraction of sp³-hybridized carbons (Fsp3) is 0.360. The van der Waals surface area contributed by atoms with Crippen LogP contribution in [0.5, 0.6) is 0 Å². The van der Waals surface area contributed by atoms with Gasteiger partial charge < -0.3 is 10.1 Å². The molecular formula is C25H26N4O3S2. The monoisotopic (exact) mass is 494 g/mol. The molecule has 34 heavy (non-hydrogen) atoms. The maximum Gasteiger partial charge on any atom is 0.341 e. The molecule has 0 bridgehead atoms. The van der Waals surface area contributed by atoms with Crippen LogP contribution < -0.4 is 5.32 Å². The van der Waals surface area contributed by atoms with Crippen molar-refractivity contribution >= 4 is 56.5 Å². The number of aromatic nitrogens is 3. The van der Waals surface area contributed by atoms with E-state index in [0.717, 1.165) is 58.5 Å². The lowest BCUT2D eigenvalue weighted by Crippen LogP contribution is -2.16. The van der Waals surface area contributed by atoms with Crippen molar-refractivity contribution in [3.63, 3.8) is 0 Å². The van der Waals surface area contributed by atoms with Crippen LogP contribution in [0, 0.1) is 6.92 Å². The first-order valence-corrected chi connectivity index (χ1v) is 13.3. The lowest BCUT2D eigenvalue weighted by molar-refractivity contribution is -0.115. The predicted octanol–water partition coefficient (Wildman–Crippen LogP) is 5.43. The van der Waals surface area contributed by atoms with Gasteiger partial charge in [-0.05, 0) is 62.8 Å². The zero-order valence-corrected chi connectivity index (χ0v) is 20.9. The van der Waals surface area contributed by atoms with Gasteiger partial charge in [-0.15, -0.1) is 21.5 Å². The molecule has 1 aliphatic rings. The third kappa shape index (κ3) is 4.30. The number of rotatable bonds is 7. The molecule has 1 amide bonds. The van der Waals surface area contributed by atoms with Crippen LogP contribution in [-0.4, -0.2) is 38.8 Å². The fourth-order valence-corrected chi connectivity index (χ4v) is 6.65. The highest BCUT2D eigenvalue weighted by atomic mass is 32.2. The molecule has 7 nitrogen and oxygen atoms in total. The van der Waals surface area contributed by atoms with E-state index in [0.29, 0.717) is 29.3 Å². The van der Waals surface area contributed by atoms with Crippen LogP contribution in [0.1, 0.15) is 52.5 Å². The highest BCUT2D eigenvalue weighted by molar-refractivity contribution is 7.99. The van der Waals surface area contributed by atoms with Crippen LogP contribution in [0.25, 0.3) is 16.6 Å². The van der Waals surface area contributed by atoms with E-state index < -0.39 is 0 Å². The summed E-state index contributed by atoms with van der Waals surface area (Å²) >= 11 is 3.02. The van der Waals surface area contributed by atoms with Gasteiger partial charge in [0.1, 0.15) is 5.00 Å². The topological polar surface area (TPSA) is 85.6 Å². The summed E-state index contributed by atoms with van der Waals surface area (Å²) in [6, 6.07) is 10.2. The summed E-state index contributed by atoms with van der Waals surface area (Å²) in [6.07, 6.45) is 4.28. The van der Waals surface area contributed by atoms with E-state index in [1.54, 1.807) is 6.92 Å². The smallest absolute Gasteiger partial charge is 0.341 e. The number of carbonyl (C=O) groups excluding carboxylic acids is 2. The van der Waals surface area contributed by atoms with Crippen LogP contribution in [0.15, 0.2) is 35.5 Å². The largest absolute Gasteiger partial charge is 0.462 e. The Bertz CT molecular complexity index is 1390. The van der Waals surface area contributed by atoms with E-state index in [-0.39, 0.29) is 11.9 Å². The van der Waals surface area contributed by atoms with Crippen molar-refractivity contribution in [2.75, 3.05) is 17.7 Å². The molecule has 0 aliphatic heterocycles. The van der Waals surface area contributed by atoms with Crippen molar-refractivity contribution in [1.82, 2.24) is 14.6 Å². The SMILES string of the molecule is CCOC(=O)c1c(NC(=O)CCSc2nnc3cc(C)c4ccccc4n23)sc2c1CCCC2. The van der Waals surface area contributed by atoms with E-state index in [4.69, 9.17) is 4.74 Å². The van der Waals surface area contributed by atoms with Gasteiger partial charge in [0, 0.05) is 22.4 Å². The number of aryl methyl sites for hydroxylation is 2. The number of nitrogens with one attached hydrogen (secondary N) is 1. The number of carbonyl (C=O) groups is 2. The molecule has 4 aromatic rings. The van der Waals surface area contributed by atoms with Crippen LogP contribution in [0.4, 0.5) is 5.00 Å². The van der Waals surface area contributed by atoms with E-state index in [9.17, 15) is 9.59 Å². The van der Waals surface area contributed by atoms with Gasteiger partial charge >= 0.3 is 5.97 Å². The maximum absolute atomic E-state index is 12.8. The Kier molecular flexibility index (Phi) is 6.56. The molecular weight excluding hydrogens is 468 g/mol. The van der Waals surface area contributed by atoms with Gasteiger partial charge in [0.2, 0.25) is 5.91 Å². The van der Waals surface area contributed by atoms with Crippen LogP contribution in [-0.2, 0) is 22.4 Å². The van der Waals surface area contributed by atoms with Crippen molar-refractivity contribution in [1.29, 1.82) is 0 Å². The molecule has 1 N–H and O–H groups in total. The van der Waals surface area contributed by atoms with Crippen LogP contribution in [0.3, 0.4) is 0 Å². The first-order valence-electron chi connectivity index (χ1n) is 11.5. The molecule has 1 aliphatic carbocycles. The highest BCUT2D eigenvalue weighted by Gasteiger charge is 2.27. The summed E-state index contributed by atoms with van der Waals surface area (Å²) in [5.41, 5.74) is 4.61. The summed E-state index contributed by atoms with van der Waals surface area (Å²) in [7, 11) is 0. The number of thioether (sulfide) groups is 1. The molecule has 9 heteroatoms. The van der Waals surface area contributed by atoms with Crippen LogP contribution >= 0.6 is 23.1 Å². The van der Waals surface area contributed by atoms with Gasteiger partial charge in [-0.25, -0.2) is 4.79 Å². The minimum atomic E-state index is -0.344. The fourth-order valence-electron chi connectivity index (χ4n) is 4.47. The number of hydrogen-bond acceptors (Lipinski definition) is 7. The molecule has 5 rings (SSSR count). The van der Waals surface area contributed by atoms with Gasteiger partial charge in [-0.1, -0.05) is 30.0 Å². The van der Waals surface area contributed by atoms with Gasteiger partial charge in [0.25, 0.3) is 0 Å². The van der Waals surface area contributed by atoms with Gasteiger partial charge in [-0.3, -0.25) is 9.20 Å². The number of ether oxygens (including phenoxy) is 1. The molecule has 1 aromatic carbocycles. The zero-order chi connectivity index (χ0) is 23.7. The van der Waals surface area contributed by atoms with Gasteiger partial charge in [-0.2, -0.15) is 0 Å². The molecule has 0 saturated carbocycles. The zero-order valence-electron chi connectivity index (χ0n) is 19.2. The average Bonchev–Trinajstić information content (AvgIpc) is 3.40. The predicted molar refractivity (Wildman–Crippen MR) is 136 cm³/mol. The van der Waals surface area contributed by atoms with E-state index in [2.05, 4.69) is 34.6 Å². The van der Waals surface area contributed by atoms with Gasteiger partial charge in [0.15, 0.2) is 10.8 Å². The minimum absolute atomic E-state index is 0.119. The third-order valence-corrected chi connectivity index (χ3v) is 8.18. The third-order valence-electron chi connectivity index (χ3n) is 6.04. The second-order valence-corrected chi connectivity index (χ2v) is 10.5. The summed E-state index contributed by atoms with van der Waals surface area (Å²) < 4.78 is 7.32. The molecule has 0 fully saturated rings. The number of para-hydroxylation sites is 1. The molecule has 0 saturated heterocycles. The van der Waals surface area contributed by atoms with Crippen molar-refractivity contribution in [3.05, 3.63) is 51.9 Å². The van der Waals surface area contributed by atoms with E-state index in [1.807, 2.05) is 22.6 Å². The Morgan fingerprint density at radius 1 is 1.21 bits per heavy atom. The number of amides is 1. The molecule has 0 spiro atoms. The summed E-state index contributed by atoms with van der Waals surface area (Å²) in [5, 5.41) is 14.2. The quantitative estimate of drug-likeness (QED) is 0.272. The lowest BCUT2D eigenvalue weighted by Gasteiger charge is -2.12. The van der Waals surface area contributed by atoms with E-state index in [1.165, 1.54) is 28.0 Å². The second kappa shape index (κ2) is 9.76. The number of fused-ring (bicyclic) bond motifs is 4. The van der Waals surface area contributed by atoms with Gasteiger partial charge in [0.05, 0.1) is 17.7 Å². The van der Waals surface area contributed by atoms with Crippen molar-refractivity contribution in [2.24, 2.45) is 0 Å². The Labute approximate surface area is 205 Å². The normalized spacial score (nSPS) is 13.2. The number of hydrogen-bond donors (Lipinski definition) is 1. The van der Waals surface area contributed by atoms with Crippen LogP contribution in [0.2, 0.25) is 0 Å². The summed E-state index contributed by atoms with van der Waals surface area (Å²) in [4.78, 5) is 26.6. The number of benzene rings is 1. The molecule has 0 unspecified atom stereocenters. The van der Waals surface area contributed by atoms with E-state index >= 15 is 0 Å². The molecule has 0 atom stereocenters. The average molecular weight is 495 g/mol. The Hall–Kier alpha value is -2.91. The number of anilines is 1. The lowest BCUT2D eigenvalue weighted by atomic mass is 9.95. The highest BCUT2D eigenvalue weighted by Crippen LogP contribution is 2.38.